The standard InChI is InChI=1S/C18H25NO3.ClH/c1-12(2)6-5-7-13(3)8-9-21-18-16-15(11-22-18)10-19-14(4)17(16)20;/h6,8,10,18,20H,5,7,9,11H2,1-4H3;1H/b13-8+;. The summed E-state index contributed by atoms with van der Waals surface area (Å²) in [5.74, 6) is 0.184. The van der Waals surface area contributed by atoms with Crippen LogP contribution in [-0.2, 0) is 16.1 Å². The number of fused-ring (bicyclic) bond motifs is 1. The molecule has 0 aliphatic carbocycles. The second kappa shape index (κ2) is 9.06. The maximum atomic E-state index is 10.1. The van der Waals surface area contributed by atoms with Crippen molar-refractivity contribution in [1.82, 2.24) is 4.98 Å². The minimum atomic E-state index is -0.501. The number of aryl methyl sites for hydroxylation is 1. The van der Waals surface area contributed by atoms with Crippen molar-refractivity contribution in [3.63, 3.8) is 0 Å². The van der Waals surface area contributed by atoms with E-state index in [1.54, 1.807) is 13.1 Å². The van der Waals surface area contributed by atoms with E-state index >= 15 is 0 Å². The molecule has 0 fully saturated rings. The Hall–Kier alpha value is -1.36. The SMILES string of the molecule is CC(C)=CCC/C(C)=C/COC1OCc2cnc(C)c(O)c21.Cl. The summed E-state index contributed by atoms with van der Waals surface area (Å²) in [5.41, 5.74) is 4.87. The number of ether oxygens (including phenoxy) is 2. The molecular weight excluding hydrogens is 314 g/mol. The van der Waals surface area contributed by atoms with Crippen LogP contribution in [0.2, 0.25) is 0 Å². The van der Waals surface area contributed by atoms with Gasteiger partial charge in [-0.15, -0.1) is 12.4 Å². The first kappa shape index (κ1) is 19.7. The number of aromatic nitrogens is 1. The van der Waals surface area contributed by atoms with Crippen LogP contribution in [0.1, 0.15) is 56.7 Å². The average Bonchev–Trinajstić information content (AvgIpc) is 2.86. The Kier molecular flexibility index (Phi) is 7.76. The number of hydrogen-bond donors (Lipinski definition) is 1. The topological polar surface area (TPSA) is 51.6 Å². The molecule has 1 N–H and O–H groups in total. The number of halogens is 1. The van der Waals surface area contributed by atoms with E-state index in [0.29, 0.717) is 18.9 Å². The Labute approximate surface area is 144 Å². The van der Waals surface area contributed by atoms with Gasteiger partial charge in [-0.1, -0.05) is 23.3 Å². The lowest BCUT2D eigenvalue weighted by atomic mass is 10.1. The molecule has 0 saturated carbocycles. The zero-order chi connectivity index (χ0) is 16.1. The van der Waals surface area contributed by atoms with E-state index in [9.17, 15) is 5.11 Å². The molecule has 0 radical (unpaired) electrons. The number of nitrogens with zero attached hydrogens (tertiary/aromatic N) is 1. The van der Waals surface area contributed by atoms with Crippen molar-refractivity contribution >= 4 is 12.4 Å². The summed E-state index contributed by atoms with van der Waals surface area (Å²) in [6.07, 6.45) is 7.64. The van der Waals surface area contributed by atoms with Crippen molar-refractivity contribution in [3.05, 3.63) is 46.3 Å². The predicted octanol–water partition coefficient (Wildman–Crippen LogP) is 4.76. The van der Waals surface area contributed by atoms with Crippen molar-refractivity contribution in [2.75, 3.05) is 6.61 Å². The van der Waals surface area contributed by atoms with Crippen LogP contribution in [0.3, 0.4) is 0 Å². The fourth-order valence-corrected chi connectivity index (χ4v) is 2.38. The normalized spacial score (nSPS) is 16.7. The zero-order valence-electron chi connectivity index (χ0n) is 14.3. The zero-order valence-corrected chi connectivity index (χ0v) is 15.1. The third kappa shape index (κ3) is 5.34. The quantitative estimate of drug-likeness (QED) is 0.759. The molecule has 128 valence electrons. The van der Waals surface area contributed by atoms with Crippen LogP contribution in [-0.4, -0.2) is 16.7 Å². The van der Waals surface area contributed by atoms with Gasteiger partial charge in [0, 0.05) is 11.8 Å². The van der Waals surface area contributed by atoms with Gasteiger partial charge in [0.15, 0.2) is 6.29 Å². The smallest absolute Gasteiger partial charge is 0.188 e. The Morgan fingerprint density at radius 3 is 2.83 bits per heavy atom. The molecule has 2 heterocycles. The Bertz CT molecular complexity index is 592. The van der Waals surface area contributed by atoms with Gasteiger partial charge in [-0.05, 0) is 40.5 Å². The molecule has 5 heteroatoms. The number of pyridine rings is 1. The van der Waals surface area contributed by atoms with Gasteiger partial charge in [-0.3, -0.25) is 4.98 Å². The third-order valence-corrected chi connectivity index (χ3v) is 3.75. The van der Waals surface area contributed by atoms with E-state index in [-0.39, 0.29) is 18.2 Å². The van der Waals surface area contributed by atoms with E-state index in [0.717, 1.165) is 24.0 Å². The van der Waals surface area contributed by atoms with Gasteiger partial charge < -0.3 is 14.6 Å². The molecule has 1 atom stereocenters. The molecule has 0 aromatic carbocycles. The maximum Gasteiger partial charge on any atom is 0.188 e. The van der Waals surface area contributed by atoms with Gasteiger partial charge in [0.1, 0.15) is 5.75 Å². The molecule has 1 aliphatic rings. The summed E-state index contributed by atoms with van der Waals surface area (Å²) in [7, 11) is 0. The fraction of sp³-hybridized carbons (Fsp3) is 0.500. The van der Waals surface area contributed by atoms with E-state index in [2.05, 4.69) is 37.9 Å². The Morgan fingerprint density at radius 1 is 1.39 bits per heavy atom. The second-order valence-corrected chi connectivity index (χ2v) is 5.98. The molecule has 1 aliphatic heterocycles. The first-order chi connectivity index (χ1) is 10.5. The highest BCUT2D eigenvalue weighted by Crippen LogP contribution is 2.38. The first-order valence-electron chi connectivity index (χ1n) is 7.68. The van der Waals surface area contributed by atoms with Crippen molar-refractivity contribution in [3.8, 4) is 5.75 Å². The Morgan fingerprint density at radius 2 is 2.13 bits per heavy atom. The van der Waals surface area contributed by atoms with Crippen molar-refractivity contribution in [2.45, 2.75) is 53.4 Å². The van der Waals surface area contributed by atoms with Crippen LogP contribution in [0, 0.1) is 6.92 Å². The Balaban J connectivity index is 0.00000264. The molecule has 4 nitrogen and oxygen atoms in total. The van der Waals surface area contributed by atoms with Gasteiger partial charge in [-0.2, -0.15) is 0 Å². The molecule has 0 amide bonds. The van der Waals surface area contributed by atoms with Gasteiger partial charge in [0.25, 0.3) is 0 Å². The molecule has 0 saturated heterocycles. The summed E-state index contributed by atoms with van der Waals surface area (Å²) < 4.78 is 11.4. The summed E-state index contributed by atoms with van der Waals surface area (Å²) in [6.45, 7) is 9.02. The molecule has 1 unspecified atom stereocenters. The van der Waals surface area contributed by atoms with Crippen LogP contribution < -0.4 is 0 Å². The summed E-state index contributed by atoms with van der Waals surface area (Å²) in [5, 5.41) is 10.1. The van der Waals surface area contributed by atoms with Crippen molar-refractivity contribution in [1.29, 1.82) is 0 Å². The van der Waals surface area contributed by atoms with Crippen molar-refractivity contribution in [2.24, 2.45) is 0 Å². The summed E-state index contributed by atoms with van der Waals surface area (Å²) >= 11 is 0. The number of rotatable bonds is 6. The first-order valence-corrected chi connectivity index (χ1v) is 7.68. The van der Waals surface area contributed by atoms with Crippen molar-refractivity contribution < 1.29 is 14.6 Å². The fourth-order valence-electron chi connectivity index (χ4n) is 2.38. The molecule has 1 aromatic heterocycles. The monoisotopic (exact) mass is 339 g/mol. The van der Waals surface area contributed by atoms with Crippen LogP contribution in [0.4, 0.5) is 0 Å². The van der Waals surface area contributed by atoms with E-state index < -0.39 is 6.29 Å². The second-order valence-electron chi connectivity index (χ2n) is 5.98. The summed E-state index contributed by atoms with van der Waals surface area (Å²) in [6, 6.07) is 0. The van der Waals surface area contributed by atoms with Crippen LogP contribution >= 0.6 is 12.4 Å². The lowest BCUT2D eigenvalue weighted by Gasteiger charge is -2.13. The number of aromatic hydroxyl groups is 1. The average molecular weight is 340 g/mol. The summed E-state index contributed by atoms with van der Waals surface area (Å²) in [4.78, 5) is 4.14. The molecule has 0 bridgehead atoms. The highest BCUT2D eigenvalue weighted by Gasteiger charge is 2.28. The predicted molar refractivity (Wildman–Crippen MR) is 93.8 cm³/mol. The molecule has 0 spiro atoms. The number of allylic oxidation sites excluding steroid dienone is 3. The minimum Gasteiger partial charge on any atom is -0.506 e. The van der Waals surface area contributed by atoms with Crippen LogP contribution in [0.15, 0.2) is 29.5 Å². The molecule has 1 aromatic rings. The lowest BCUT2D eigenvalue weighted by molar-refractivity contribution is -0.130. The van der Waals surface area contributed by atoms with Gasteiger partial charge >= 0.3 is 0 Å². The van der Waals surface area contributed by atoms with Crippen LogP contribution in [0.5, 0.6) is 5.75 Å². The highest BCUT2D eigenvalue weighted by molar-refractivity contribution is 5.85. The largest absolute Gasteiger partial charge is 0.506 e. The highest BCUT2D eigenvalue weighted by atomic mass is 35.5. The van der Waals surface area contributed by atoms with Gasteiger partial charge in [-0.25, -0.2) is 0 Å². The molecule has 2 rings (SSSR count). The lowest BCUT2D eigenvalue weighted by Crippen LogP contribution is -2.04. The maximum absolute atomic E-state index is 10.1. The molecular formula is C18H26ClNO3. The van der Waals surface area contributed by atoms with Gasteiger partial charge in [0.2, 0.25) is 0 Å². The molecule has 23 heavy (non-hydrogen) atoms. The minimum absolute atomic E-state index is 0. The van der Waals surface area contributed by atoms with E-state index in [1.165, 1.54) is 11.1 Å². The number of hydrogen-bond acceptors (Lipinski definition) is 4. The van der Waals surface area contributed by atoms with E-state index in [4.69, 9.17) is 9.47 Å². The van der Waals surface area contributed by atoms with Gasteiger partial charge in [0.05, 0.1) is 24.5 Å². The van der Waals surface area contributed by atoms with E-state index in [1.807, 2.05) is 0 Å². The third-order valence-electron chi connectivity index (χ3n) is 3.75. The van der Waals surface area contributed by atoms with Crippen LogP contribution in [0.25, 0.3) is 0 Å².